The van der Waals surface area contributed by atoms with Crippen molar-refractivity contribution in [3.05, 3.63) is 23.8 Å². The van der Waals surface area contributed by atoms with Gasteiger partial charge in [-0.25, -0.2) is 0 Å². The zero-order valence-electron chi connectivity index (χ0n) is 16.4. The van der Waals surface area contributed by atoms with Gasteiger partial charge in [-0.15, -0.1) is 0 Å². The van der Waals surface area contributed by atoms with Crippen LogP contribution in [0.5, 0.6) is 0 Å². The highest BCUT2D eigenvalue weighted by Gasteiger charge is 2.36. The average molecular weight is 360 g/mol. The predicted molar refractivity (Wildman–Crippen MR) is 107 cm³/mol. The van der Waals surface area contributed by atoms with Gasteiger partial charge in [-0.3, -0.25) is 4.79 Å². The molecular weight excluding hydrogens is 326 g/mol. The fourth-order valence-electron chi connectivity index (χ4n) is 4.37. The van der Waals surface area contributed by atoms with Gasteiger partial charge in [0.15, 0.2) is 0 Å². The summed E-state index contributed by atoms with van der Waals surface area (Å²) in [7, 11) is 2.16. The van der Waals surface area contributed by atoms with Crippen LogP contribution in [-0.2, 0) is 9.53 Å². The molecule has 0 spiro atoms. The number of amides is 1. The van der Waals surface area contributed by atoms with E-state index in [0.29, 0.717) is 6.04 Å². The highest BCUT2D eigenvalue weighted by molar-refractivity contribution is 5.81. The molecule has 2 aliphatic rings. The lowest BCUT2D eigenvalue weighted by atomic mass is 9.79. The molecule has 2 fully saturated rings. The topological polar surface area (TPSA) is 44.8 Å². The van der Waals surface area contributed by atoms with Crippen LogP contribution in [0.2, 0.25) is 0 Å². The number of rotatable bonds is 8. The van der Waals surface area contributed by atoms with E-state index in [1.165, 1.54) is 44.3 Å². The van der Waals surface area contributed by atoms with Gasteiger partial charge in [-0.05, 0) is 63.1 Å². The number of nitrogens with zero attached hydrogens (tertiary/aromatic N) is 2. The van der Waals surface area contributed by atoms with E-state index in [0.717, 1.165) is 43.0 Å². The number of hydrogen-bond acceptors (Lipinski definition) is 4. The zero-order valence-corrected chi connectivity index (χ0v) is 16.4. The molecule has 1 aromatic rings. The average Bonchev–Trinajstić information content (AvgIpc) is 2.62. The van der Waals surface area contributed by atoms with Crippen molar-refractivity contribution < 1.29 is 9.53 Å². The fourth-order valence-corrected chi connectivity index (χ4v) is 4.37. The van der Waals surface area contributed by atoms with Crippen LogP contribution in [0.25, 0.3) is 0 Å². The van der Waals surface area contributed by atoms with Crippen molar-refractivity contribution in [2.75, 3.05) is 43.6 Å². The Balaban J connectivity index is 1.52. The van der Waals surface area contributed by atoms with Crippen LogP contribution in [0.15, 0.2) is 18.2 Å². The van der Waals surface area contributed by atoms with E-state index in [1.807, 2.05) is 12.1 Å². The smallest absolute Gasteiger partial charge is 0.211 e. The molecule has 1 N–H and O–H groups in total. The van der Waals surface area contributed by atoms with Crippen LogP contribution in [-0.4, -0.2) is 56.7 Å². The molecule has 1 saturated heterocycles. The van der Waals surface area contributed by atoms with E-state index < -0.39 is 0 Å². The summed E-state index contributed by atoms with van der Waals surface area (Å²) in [5.41, 5.74) is 3.24. The third-order valence-corrected chi connectivity index (χ3v) is 6.08. The Morgan fingerprint density at radius 1 is 1.31 bits per heavy atom. The van der Waals surface area contributed by atoms with Crippen molar-refractivity contribution in [2.45, 2.75) is 51.6 Å². The second-order valence-corrected chi connectivity index (χ2v) is 7.81. The van der Waals surface area contributed by atoms with Crippen LogP contribution in [0.1, 0.15) is 38.2 Å². The van der Waals surface area contributed by atoms with Crippen molar-refractivity contribution in [1.82, 2.24) is 4.90 Å². The number of hydrogen-bond donors (Lipinski definition) is 1. The van der Waals surface area contributed by atoms with Gasteiger partial charge in [0.05, 0.1) is 11.4 Å². The minimum absolute atomic E-state index is 0.527. The molecule has 144 valence electrons. The number of nitrogens with one attached hydrogen (secondary N) is 1. The Kier molecular flexibility index (Phi) is 6.54. The number of aryl methyl sites for hydroxylation is 1. The van der Waals surface area contributed by atoms with Gasteiger partial charge in [0.2, 0.25) is 6.41 Å². The van der Waals surface area contributed by atoms with Crippen molar-refractivity contribution in [1.29, 1.82) is 0 Å². The molecule has 1 aliphatic carbocycles. The Hall–Kier alpha value is -1.59. The van der Waals surface area contributed by atoms with E-state index in [9.17, 15) is 4.79 Å². The summed E-state index contributed by atoms with van der Waals surface area (Å²) in [5, 5.41) is 2.85. The first-order valence-electron chi connectivity index (χ1n) is 9.97. The molecule has 5 nitrogen and oxygen atoms in total. The molecule has 0 bridgehead atoms. The molecule has 0 aromatic heterocycles. The Labute approximate surface area is 157 Å². The first kappa shape index (κ1) is 19.2. The molecular formula is C21H33N3O2. The molecule has 1 aromatic carbocycles. The molecule has 1 saturated carbocycles. The first-order valence-corrected chi connectivity index (χ1v) is 9.97. The maximum Gasteiger partial charge on any atom is 0.211 e. The largest absolute Gasteiger partial charge is 0.381 e. The molecule has 0 unspecified atom stereocenters. The van der Waals surface area contributed by atoms with E-state index in [2.05, 4.69) is 42.1 Å². The van der Waals surface area contributed by atoms with Crippen molar-refractivity contribution in [3.8, 4) is 0 Å². The minimum Gasteiger partial charge on any atom is -0.381 e. The second-order valence-electron chi connectivity index (χ2n) is 7.81. The van der Waals surface area contributed by atoms with Crippen LogP contribution in [0.4, 0.5) is 11.4 Å². The van der Waals surface area contributed by atoms with Gasteiger partial charge >= 0.3 is 0 Å². The van der Waals surface area contributed by atoms with Crippen LogP contribution < -0.4 is 10.2 Å². The Bertz CT molecular complexity index is 593. The molecule has 0 radical (unpaired) electrons. The summed E-state index contributed by atoms with van der Waals surface area (Å²) in [6, 6.07) is 7.50. The lowest BCUT2D eigenvalue weighted by Gasteiger charge is -2.47. The summed E-state index contributed by atoms with van der Waals surface area (Å²) in [4.78, 5) is 15.9. The quantitative estimate of drug-likeness (QED) is 0.724. The number of piperidine rings is 1. The Morgan fingerprint density at radius 3 is 2.69 bits per heavy atom. The summed E-state index contributed by atoms with van der Waals surface area (Å²) in [6.07, 6.45) is 5.71. The highest BCUT2D eigenvalue weighted by atomic mass is 16.5. The van der Waals surface area contributed by atoms with Gasteiger partial charge < -0.3 is 19.9 Å². The third-order valence-electron chi connectivity index (χ3n) is 6.08. The minimum atomic E-state index is 0.527. The summed E-state index contributed by atoms with van der Waals surface area (Å²) >= 11 is 0. The fraction of sp³-hybridized carbons (Fsp3) is 0.667. The number of carbonyl (C=O) groups is 1. The van der Waals surface area contributed by atoms with Crippen molar-refractivity contribution in [2.24, 2.45) is 5.92 Å². The molecule has 3 rings (SSSR count). The van der Waals surface area contributed by atoms with Gasteiger partial charge in [0.25, 0.3) is 0 Å². The van der Waals surface area contributed by atoms with Crippen LogP contribution in [0, 0.1) is 12.8 Å². The van der Waals surface area contributed by atoms with Crippen LogP contribution >= 0.6 is 0 Å². The summed E-state index contributed by atoms with van der Waals surface area (Å²) in [6.45, 7) is 8.28. The van der Waals surface area contributed by atoms with Crippen molar-refractivity contribution >= 4 is 17.8 Å². The maximum atomic E-state index is 10.9. The normalized spacial score (nSPS) is 24.1. The second kappa shape index (κ2) is 8.87. The number of benzene rings is 1. The number of carbonyl (C=O) groups excluding carboxylic acids is 1. The molecule has 26 heavy (non-hydrogen) atoms. The number of anilines is 2. The molecule has 5 heteroatoms. The van der Waals surface area contributed by atoms with Gasteiger partial charge in [0, 0.05) is 45.4 Å². The molecule has 1 heterocycles. The monoisotopic (exact) mass is 359 g/mol. The third kappa shape index (κ3) is 4.38. The first-order chi connectivity index (χ1) is 12.6. The molecule has 0 atom stereocenters. The number of likely N-dealkylation sites (tertiary alicyclic amines) is 1. The van der Waals surface area contributed by atoms with Gasteiger partial charge in [-0.1, -0.05) is 6.07 Å². The zero-order chi connectivity index (χ0) is 18.5. The van der Waals surface area contributed by atoms with Crippen LogP contribution in [0.3, 0.4) is 0 Å². The maximum absolute atomic E-state index is 10.9. The van der Waals surface area contributed by atoms with Crippen molar-refractivity contribution in [3.63, 3.8) is 0 Å². The van der Waals surface area contributed by atoms with E-state index in [-0.39, 0.29) is 0 Å². The SMILES string of the molecule is CCOCC1CC(N2CCC(N(C)c3cc(C)ccc3NC=O)CC2)C1. The standard InChI is InChI=1S/C21H33N3O2/c1-4-26-14-17-12-19(13-17)24-9-7-18(8-10-24)23(3)21-11-16(2)5-6-20(21)22-15-25/h5-6,11,15,17-19H,4,7-10,12-14H2,1-3H3,(H,22,25). The predicted octanol–water partition coefficient (Wildman–Crippen LogP) is 3.28. The molecule has 1 amide bonds. The summed E-state index contributed by atoms with van der Waals surface area (Å²) < 4.78 is 5.56. The summed E-state index contributed by atoms with van der Waals surface area (Å²) in [5.74, 6) is 0.768. The van der Waals surface area contributed by atoms with E-state index in [4.69, 9.17) is 4.74 Å². The lowest BCUT2D eigenvalue weighted by Crippen LogP contribution is -2.52. The highest BCUT2D eigenvalue weighted by Crippen LogP contribution is 2.35. The van der Waals surface area contributed by atoms with Gasteiger partial charge in [0.1, 0.15) is 0 Å². The van der Waals surface area contributed by atoms with E-state index in [1.54, 1.807) is 0 Å². The number of ether oxygens (including phenoxy) is 1. The molecule has 1 aliphatic heterocycles. The van der Waals surface area contributed by atoms with E-state index >= 15 is 0 Å². The van der Waals surface area contributed by atoms with Gasteiger partial charge in [-0.2, -0.15) is 0 Å². The Morgan fingerprint density at radius 2 is 2.04 bits per heavy atom. The lowest BCUT2D eigenvalue weighted by molar-refractivity contribution is -0.105.